The second kappa shape index (κ2) is 6.25. The minimum Gasteiger partial charge on any atom is -0.398 e. The van der Waals surface area contributed by atoms with Gasteiger partial charge in [-0.1, -0.05) is 13.8 Å². The van der Waals surface area contributed by atoms with Crippen molar-refractivity contribution >= 4 is 5.69 Å². The van der Waals surface area contributed by atoms with Crippen LogP contribution in [0.4, 0.5) is 18.9 Å². The number of hydrogen-bond acceptors (Lipinski definition) is 3. The second-order valence-electron chi connectivity index (χ2n) is 5.03. The zero-order valence-electron chi connectivity index (χ0n) is 11.1. The van der Waals surface area contributed by atoms with Gasteiger partial charge in [-0.2, -0.15) is 13.2 Å². The van der Waals surface area contributed by atoms with Gasteiger partial charge in [0.05, 0.1) is 5.56 Å². The Bertz CT molecular complexity index is 416. The summed E-state index contributed by atoms with van der Waals surface area (Å²) < 4.78 is 38.1. The molecule has 0 radical (unpaired) electrons. The Hall–Kier alpha value is -1.27. The zero-order valence-corrected chi connectivity index (χ0v) is 11.1. The molecule has 0 aliphatic carbocycles. The number of anilines is 1. The highest BCUT2D eigenvalue weighted by atomic mass is 19.4. The van der Waals surface area contributed by atoms with Gasteiger partial charge in [-0.15, -0.1) is 0 Å². The predicted octanol–water partition coefficient (Wildman–Crippen LogP) is 3.23. The lowest BCUT2D eigenvalue weighted by Crippen LogP contribution is -2.29. The highest BCUT2D eigenvalue weighted by Gasteiger charge is 2.31. The van der Waals surface area contributed by atoms with Crippen LogP contribution in [0.5, 0.6) is 0 Å². The quantitative estimate of drug-likeness (QED) is 0.439. The van der Waals surface area contributed by atoms with Gasteiger partial charge in [-0.3, -0.25) is 11.3 Å². The Morgan fingerprint density at radius 2 is 1.84 bits per heavy atom. The van der Waals surface area contributed by atoms with E-state index in [9.17, 15) is 13.2 Å². The molecule has 0 fully saturated rings. The van der Waals surface area contributed by atoms with E-state index >= 15 is 0 Å². The van der Waals surface area contributed by atoms with Crippen molar-refractivity contribution in [2.24, 2.45) is 11.8 Å². The molecule has 1 aromatic carbocycles. The lowest BCUT2D eigenvalue weighted by Gasteiger charge is -2.20. The van der Waals surface area contributed by atoms with Crippen LogP contribution in [0.2, 0.25) is 0 Å². The van der Waals surface area contributed by atoms with Crippen molar-refractivity contribution in [2.75, 3.05) is 5.73 Å². The molecule has 0 saturated carbocycles. The highest BCUT2D eigenvalue weighted by molar-refractivity contribution is 5.50. The van der Waals surface area contributed by atoms with Crippen LogP contribution in [-0.4, -0.2) is 0 Å². The number of nitrogens with two attached hydrogens (primary N) is 2. The van der Waals surface area contributed by atoms with Crippen molar-refractivity contribution in [3.8, 4) is 0 Å². The Labute approximate surface area is 111 Å². The summed E-state index contributed by atoms with van der Waals surface area (Å²) in [5.74, 6) is 5.88. The van der Waals surface area contributed by atoms with E-state index in [0.29, 0.717) is 23.6 Å². The first-order valence-electron chi connectivity index (χ1n) is 6.18. The molecule has 0 saturated heterocycles. The predicted molar refractivity (Wildman–Crippen MR) is 70.0 cm³/mol. The largest absolute Gasteiger partial charge is 0.416 e. The van der Waals surface area contributed by atoms with E-state index in [4.69, 9.17) is 11.6 Å². The molecule has 0 aliphatic heterocycles. The molecule has 1 rings (SSSR count). The molecule has 6 heteroatoms. The topological polar surface area (TPSA) is 64.1 Å². The summed E-state index contributed by atoms with van der Waals surface area (Å²) in [6.45, 7) is 4.09. The molecule has 5 N–H and O–H groups in total. The Morgan fingerprint density at radius 3 is 2.32 bits per heavy atom. The normalized spacial score (nSPS) is 13.8. The summed E-state index contributed by atoms with van der Waals surface area (Å²) in [5, 5.41) is 0. The van der Waals surface area contributed by atoms with Gasteiger partial charge in [0.15, 0.2) is 0 Å². The smallest absolute Gasteiger partial charge is 0.398 e. The molecule has 0 aliphatic rings. The standard InChI is InChI=1S/C13H20F3N3/c1-8(2)3-6-12(19-18)10-7-9(13(14,15)16)4-5-11(10)17/h4-5,7-8,12,19H,3,6,17-18H2,1-2H3. The van der Waals surface area contributed by atoms with Crippen LogP contribution < -0.4 is 17.0 Å². The Morgan fingerprint density at radius 1 is 1.21 bits per heavy atom. The van der Waals surface area contributed by atoms with Gasteiger partial charge >= 0.3 is 6.18 Å². The van der Waals surface area contributed by atoms with Crippen LogP contribution in [-0.2, 0) is 6.18 Å². The van der Waals surface area contributed by atoms with Gasteiger partial charge in [0, 0.05) is 11.7 Å². The summed E-state index contributed by atoms with van der Waals surface area (Å²) in [7, 11) is 0. The maximum absolute atomic E-state index is 12.7. The minimum atomic E-state index is -4.38. The molecule has 0 bridgehead atoms. The van der Waals surface area contributed by atoms with E-state index in [0.717, 1.165) is 18.6 Å². The van der Waals surface area contributed by atoms with Gasteiger partial charge in [0.2, 0.25) is 0 Å². The molecular weight excluding hydrogens is 255 g/mol. The molecular formula is C13H20F3N3. The van der Waals surface area contributed by atoms with Crippen LogP contribution >= 0.6 is 0 Å². The fourth-order valence-electron chi connectivity index (χ4n) is 1.88. The Balaban J connectivity index is 3.02. The molecule has 108 valence electrons. The average molecular weight is 275 g/mol. The summed E-state index contributed by atoms with van der Waals surface area (Å²) in [4.78, 5) is 0. The lowest BCUT2D eigenvalue weighted by atomic mass is 9.95. The first-order valence-corrected chi connectivity index (χ1v) is 6.18. The van der Waals surface area contributed by atoms with Gasteiger partial charge in [0.1, 0.15) is 0 Å². The number of nitrogens with one attached hydrogen (secondary N) is 1. The Kier molecular flexibility index (Phi) is 5.20. The average Bonchev–Trinajstić information content (AvgIpc) is 2.30. The zero-order chi connectivity index (χ0) is 14.6. The fourth-order valence-corrected chi connectivity index (χ4v) is 1.88. The van der Waals surface area contributed by atoms with E-state index in [-0.39, 0.29) is 6.04 Å². The van der Waals surface area contributed by atoms with Crippen molar-refractivity contribution < 1.29 is 13.2 Å². The van der Waals surface area contributed by atoms with E-state index < -0.39 is 11.7 Å². The van der Waals surface area contributed by atoms with Crippen LogP contribution in [0.15, 0.2) is 18.2 Å². The lowest BCUT2D eigenvalue weighted by molar-refractivity contribution is -0.137. The molecule has 19 heavy (non-hydrogen) atoms. The van der Waals surface area contributed by atoms with E-state index in [1.807, 2.05) is 13.8 Å². The third-order valence-corrected chi connectivity index (χ3v) is 3.02. The van der Waals surface area contributed by atoms with Crippen molar-refractivity contribution in [1.29, 1.82) is 0 Å². The molecule has 1 atom stereocenters. The minimum absolute atomic E-state index is 0.319. The molecule has 1 aromatic rings. The number of nitrogen functional groups attached to an aromatic ring is 1. The number of hydrogen-bond donors (Lipinski definition) is 3. The summed E-state index contributed by atoms with van der Waals surface area (Å²) >= 11 is 0. The van der Waals surface area contributed by atoms with Gasteiger partial charge < -0.3 is 5.73 Å². The molecule has 1 unspecified atom stereocenters. The van der Waals surface area contributed by atoms with Crippen molar-refractivity contribution in [2.45, 2.75) is 38.9 Å². The third kappa shape index (κ3) is 4.40. The molecule has 0 amide bonds. The van der Waals surface area contributed by atoms with Crippen LogP contribution in [0.3, 0.4) is 0 Å². The van der Waals surface area contributed by atoms with Crippen molar-refractivity contribution in [1.82, 2.24) is 5.43 Å². The number of benzene rings is 1. The highest BCUT2D eigenvalue weighted by Crippen LogP contribution is 2.34. The van der Waals surface area contributed by atoms with E-state index in [2.05, 4.69) is 5.43 Å². The number of hydrazine groups is 1. The summed E-state index contributed by atoms with van der Waals surface area (Å²) in [6.07, 6.45) is -2.89. The number of alkyl halides is 3. The first kappa shape index (κ1) is 15.8. The van der Waals surface area contributed by atoms with E-state index in [1.54, 1.807) is 0 Å². The molecule has 0 spiro atoms. The third-order valence-electron chi connectivity index (χ3n) is 3.02. The van der Waals surface area contributed by atoms with Crippen LogP contribution in [0.25, 0.3) is 0 Å². The van der Waals surface area contributed by atoms with Crippen LogP contribution in [0.1, 0.15) is 43.9 Å². The molecule has 3 nitrogen and oxygen atoms in total. The number of halogens is 3. The maximum Gasteiger partial charge on any atom is 0.416 e. The van der Waals surface area contributed by atoms with Gasteiger partial charge in [-0.05, 0) is 42.5 Å². The molecule has 0 heterocycles. The fraction of sp³-hybridized carbons (Fsp3) is 0.538. The summed E-state index contributed by atoms with van der Waals surface area (Å²) in [5.41, 5.74) is 8.31. The monoisotopic (exact) mass is 275 g/mol. The number of rotatable bonds is 5. The van der Waals surface area contributed by atoms with Gasteiger partial charge in [-0.25, -0.2) is 0 Å². The van der Waals surface area contributed by atoms with Crippen LogP contribution in [0, 0.1) is 5.92 Å². The SMILES string of the molecule is CC(C)CCC(NN)c1cc(C(F)(F)F)ccc1N. The second-order valence-corrected chi connectivity index (χ2v) is 5.03. The van der Waals surface area contributed by atoms with Crippen molar-refractivity contribution in [3.05, 3.63) is 29.3 Å². The van der Waals surface area contributed by atoms with E-state index in [1.165, 1.54) is 6.07 Å². The molecule has 0 aromatic heterocycles. The van der Waals surface area contributed by atoms with Gasteiger partial charge in [0.25, 0.3) is 0 Å². The van der Waals surface area contributed by atoms with Crippen molar-refractivity contribution in [3.63, 3.8) is 0 Å². The first-order chi connectivity index (χ1) is 8.75. The summed E-state index contributed by atoms with van der Waals surface area (Å²) in [6, 6.07) is 2.96. The maximum atomic E-state index is 12.7.